The first-order valence-electron chi connectivity index (χ1n) is 8.16. The molecule has 1 aliphatic carbocycles. The first-order valence-corrected chi connectivity index (χ1v) is 8.16. The van der Waals surface area contributed by atoms with Crippen molar-refractivity contribution < 1.29 is 5.11 Å². The molecular formula is C19H24N2O. The van der Waals surface area contributed by atoms with E-state index in [2.05, 4.69) is 40.6 Å². The Labute approximate surface area is 132 Å². The van der Waals surface area contributed by atoms with Crippen LogP contribution in [0.2, 0.25) is 0 Å². The zero-order valence-electron chi connectivity index (χ0n) is 12.9. The molecule has 0 saturated heterocycles. The lowest BCUT2D eigenvalue weighted by molar-refractivity contribution is 0.215. The largest absolute Gasteiger partial charge is 0.396 e. The van der Waals surface area contributed by atoms with Gasteiger partial charge < -0.3 is 10.4 Å². The van der Waals surface area contributed by atoms with Gasteiger partial charge in [0.1, 0.15) is 0 Å². The summed E-state index contributed by atoms with van der Waals surface area (Å²) in [5.41, 5.74) is 2.41. The van der Waals surface area contributed by atoms with E-state index in [4.69, 9.17) is 0 Å². The summed E-state index contributed by atoms with van der Waals surface area (Å²) in [6.45, 7) is 1.01. The van der Waals surface area contributed by atoms with Crippen molar-refractivity contribution in [2.24, 2.45) is 11.8 Å². The molecule has 22 heavy (non-hydrogen) atoms. The number of hydrogen-bond donors (Lipinski definition) is 2. The van der Waals surface area contributed by atoms with Crippen molar-refractivity contribution in [1.29, 1.82) is 0 Å². The van der Waals surface area contributed by atoms with Gasteiger partial charge in [0.2, 0.25) is 0 Å². The summed E-state index contributed by atoms with van der Waals surface area (Å²) in [4.78, 5) is 4.36. The fraction of sp³-hybridized carbons (Fsp3) is 0.421. The lowest BCUT2D eigenvalue weighted by atomic mass is 9.99. The molecule has 2 N–H and O–H groups in total. The number of nitrogens with one attached hydrogen (secondary N) is 1. The van der Waals surface area contributed by atoms with Gasteiger partial charge in [-0.05, 0) is 48.8 Å². The van der Waals surface area contributed by atoms with E-state index in [9.17, 15) is 5.11 Å². The molecule has 2 unspecified atom stereocenters. The normalized spacial score (nSPS) is 17.1. The average Bonchev–Trinajstić information content (AvgIpc) is 3.41. The first-order chi connectivity index (χ1) is 10.9. The van der Waals surface area contributed by atoms with Crippen LogP contribution in [0, 0.1) is 11.8 Å². The second-order valence-electron chi connectivity index (χ2n) is 6.21. The Morgan fingerprint density at radius 3 is 2.50 bits per heavy atom. The van der Waals surface area contributed by atoms with E-state index in [0.717, 1.165) is 24.6 Å². The van der Waals surface area contributed by atoms with Crippen LogP contribution in [0.5, 0.6) is 0 Å². The molecular weight excluding hydrogens is 272 g/mol. The Balaban J connectivity index is 1.59. The van der Waals surface area contributed by atoms with E-state index < -0.39 is 0 Å². The van der Waals surface area contributed by atoms with Crippen LogP contribution in [0.25, 0.3) is 0 Å². The molecule has 1 aliphatic rings. The molecule has 2 atom stereocenters. The SMILES string of the molecule is OCC(CNC(c1ccccc1)C1CC1)Cc1ccccn1. The van der Waals surface area contributed by atoms with Crippen LogP contribution in [-0.4, -0.2) is 23.2 Å². The quantitative estimate of drug-likeness (QED) is 0.787. The molecule has 3 rings (SSSR count). The number of nitrogens with zero attached hydrogens (tertiary/aromatic N) is 1. The van der Waals surface area contributed by atoms with Crippen LogP contribution in [-0.2, 0) is 6.42 Å². The van der Waals surface area contributed by atoms with Crippen LogP contribution in [0.3, 0.4) is 0 Å². The maximum Gasteiger partial charge on any atom is 0.0475 e. The van der Waals surface area contributed by atoms with Crippen molar-refractivity contribution in [2.75, 3.05) is 13.2 Å². The fourth-order valence-electron chi connectivity index (χ4n) is 2.96. The third-order valence-corrected chi connectivity index (χ3v) is 4.36. The van der Waals surface area contributed by atoms with E-state index in [1.54, 1.807) is 0 Å². The van der Waals surface area contributed by atoms with Gasteiger partial charge in [-0.2, -0.15) is 0 Å². The smallest absolute Gasteiger partial charge is 0.0475 e. The topological polar surface area (TPSA) is 45.1 Å². The predicted octanol–water partition coefficient (Wildman–Crippen LogP) is 2.97. The van der Waals surface area contributed by atoms with Crippen molar-refractivity contribution in [3.8, 4) is 0 Å². The highest BCUT2D eigenvalue weighted by Gasteiger charge is 2.32. The summed E-state index contributed by atoms with van der Waals surface area (Å²) < 4.78 is 0. The molecule has 1 aromatic heterocycles. The van der Waals surface area contributed by atoms with E-state index >= 15 is 0 Å². The van der Waals surface area contributed by atoms with Gasteiger partial charge in [-0.1, -0.05) is 36.4 Å². The number of aliphatic hydroxyl groups is 1. The fourth-order valence-corrected chi connectivity index (χ4v) is 2.96. The van der Waals surface area contributed by atoms with Crippen molar-refractivity contribution in [1.82, 2.24) is 10.3 Å². The van der Waals surface area contributed by atoms with Crippen molar-refractivity contribution in [3.05, 3.63) is 66.0 Å². The lowest BCUT2D eigenvalue weighted by Gasteiger charge is -2.22. The monoisotopic (exact) mass is 296 g/mol. The molecule has 3 heteroatoms. The number of aromatic nitrogens is 1. The summed E-state index contributed by atoms with van der Waals surface area (Å²) >= 11 is 0. The number of aliphatic hydroxyl groups excluding tert-OH is 1. The van der Waals surface area contributed by atoms with Crippen molar-refractivity contribution in [2.45, 2.75) is 25.3 Å². The minimum Gasteiger partial charge on any atom is -0.396 e. The van der Waals surface area contributed by atoms with Gasteiger partial charge >= 0.3 is 0 Å². The van der Waals surface area contributed by atoms with Gasteiger partial charge in [-0.25, -0.2) is 0 Å². The minimum atomic E-state index is 0.190. The highest BCUT2D eigenvalue weighted by atomic mass is 16.3. The Morgan fingerprint density at radius 2 is 1.86 bits per heavy atom. The average molecular weight is 296 g/mol. The van der Waals surface area contributed by atoms with Gasteiger partial charge in [0.25, 0.3) is 0 Å². The zero-order valence-corrected chi connectivity index (χ0v) is 12.9. The van der Waals surface area contributed by atoms with Crippen molar-refractivity contribution >= 4 is 0 Å². The maximum atomic E-state index is 9.66. The molecule has 0 amide bonds. The van der Waals surface area contributed by atoms with Crippen LogP contribution in [0.1, 0.15) is 30.1 Å². The van der Waals surface area contributed by atoms with E-state index in [1.165, 1.54) is 18.4 Å². The molecule has 0 radical (unpaired) electrons. The standard InChI is InChI=1S/C19H24N2O/c22-14-15(12-18-8-4-5-11-20-18)13-21-19(17-9-10-17)16-6-2-1-3-7-16/h1-8,11,15,17,19,21-22H,9-10,12-14H2. The minimum absolute atomic E-state index is 0.190. The summed E-state index contributed by atoms with van der Waals surface area (Å²) in [5, 5.41) is 13.3. The highest BCUT2D eigenvalue weighted by Crippen LogP contribution is 2.40. The molecule has 0 bridgehead atoms. The second kappa shape index (κ2) is 7.52. The molecule has 1 aromatic carbocycles. The molecule has 1 saturated carbocycles. The zero-order chi connectivity index (χ0) is 15.2. The molecule has 2 aromatic rings. The third kappa shape index (κ3) is 4.15. The van der Waals surface area contributed by atoms with E-state index in [1.807, 2.05) is 24.4 Å². The van der Waals surface area contributed by atoms with Crippen LogP contribution < -0.4 is 5.32 Å². The second-order valence-corrected chi connectivity index (χ2v) is 6.21. The van der Waals surface area contributed by atoms with Crippen LogP contribution >= 0.6 is 0 Å². The summed E-state index contributed by atoms with van der Waals surface area (Å²) in [6.07, 6.45) is 5.23. The number of hydrogen-bond acceptors (Lipinski definition) is 3. The van der Waals surface area contributed by atoms with Crippen LogP contribution in [0.4, 0.5) is 0 Å². The van der Waals surface area contributed by atoms with Gasteiger partial charge in [0.05, 0.1) is 0 Å². The third-order valence-electron chi connectivity index (χ3n) is 4.36. The Bertz CT molecular complexity index is 554. The van der Waals surface area contributed by atoms with Gasteiger partial charge in [-0.15, -0.1) is 0 Å². The van der Waals surface area contributed by atoms with Gasteiger partial charge in [-0.3, -0.25) is 4.98 Å². The van der Waals surface area contributed by atoms with Gasteiger partial charge in [0.15, 0.2) is 0 Å². The molecule has 1 fully saturated rings. The molecule has 3 nitrogen and oxygen atoms in total. The maximum absolute atomic E-state index is 9.66. The molecule has 116 valence electrons. The highest BCUT2D eigenvalue weighted by molar-refractivity contribution is 5.21. The van der Waals surface area contributed by atoms with E-state index in [0.29, 0.717) is 6.04 Å². The number of pyridine rings is 1. The molecule has 0 spiro atoms. The predicted molar refractivity (Wildman–Crippen MR) is 88.4 cm³/mol. The van der Waals surface area contributed by atoms with Crippen LogP contribution in [0.15, 0.2) is 54.7 Å². The Kier molecular flexibility index (Phi) is 5.20. The first kappa shape index (κ1) is 15.2. The summed E-state index contributed by atoms with van der Waals surface area (Å²) in [7, 11) is 0. The van der Waals surface area contributed by atoms with Gasteiger partial charge in [0, 0.05) is 31.1 Å². The Hall–Kier alpha value is -1.71. The van der Waals surface area contributed by atoms with Crippen molar-refractivity contribution in [3.63, 3.8) is 0 Å². The molecule has 0 aliphatic heterocycles. The lowest BCUT2D eigenvalue weighted by Crippen LogP contribution is -2.31. The number of rotatable bonds is 8. The van der Waals surface area contributed by atoms with E-state index in [-0.39, 0.29) is 12.5 Å². The summed E-state index contributed by atoms with van der Waals surface area (Å²) in [5.74, 6) is 0.955. The number of benzene rings is 1. The Morgan fingerprint density at radius 1 is 1.09 bits per heavy atom. The molecule has 1 heterocycles. The summed E-state index contributed by atoms with van der Waals surface area (Å²) in [6, 6.07) is 17.0.